The third kappa shape index (κ3) is 6.10. The van der Waals surface area contributed by atoms with E-state index in [-0.39, 0.29) is 43.3 Å². The molecule has 1 aliphatic rings. The van der Waals surface area contributed by atoms with Crippen molar-refractivity contribution in [2.24, 2.45) is 0 Å². The van der Waals surface area contributed by atoms with Gasteiger partial charge in [0.1, 0.15) is 22.9 Å². The molecule has 1 fully saturated rings. The molecular formula is C24H32FN3O6S. The van der Waals surface area contributed by atoms with Crippen LogP contribution in [0, 0.1) is 5.82 Å². The molecule has 192 valence electrons. The summed E-state index contributed by atoms with van der Waals surface area (Å²) >= 11 is 0. The number of rotatable bonds is 10. The first kappa shape index (κ1) is 26.9. The molecule has 2 aromatic rings. The van der Waals surface area contributed by atoms with Crippen molar-refractivity contribution in [1.82, 2.24) is 14.3 Å². The van der Waals surface area contributed by atoms with Gasteiger partial charge in [0.25, 0.3) is 16.1 Å². The SMILES string of the molecule is CC[C@H](CO)NS(=O)(=O)N1CCC(CNC(=O)c2c(O)cccc2OC)(c2cccc(F)c2)CC1. The van der Waals surface area contributed by atoms with Gasteiger partial charge < -0.3 is 20.3 Å². The molecule has 0 saturated carbocycles. The highest BCUT2D eigenvalue weighted by Crippen LogP contribution is 2.37. The Morgan fingerprint density at radius 2 is 1.91 bits per heavy atom. The average molecular weight is 510 g/mol. The highest BCUT2D eigenvalue weighted by molar-refractivity contribution is 7.87. The number of piperidine rings is 1. The van der Waals surface area contributed by atoms with Gasteiger partial charge in [0, 0.05) is 31.1 Å². The van der Waals surface area contributed by atoms with Crippen LogP contribution in [0.2, 0.25) is 0 Å². The third-order valence-corrected chi connectivity index (χ3v) is 8.20. The number of phenolic OH excluding ortho intramolecular Hbond substituents is 1. The first-order valence-electron chi connectivity index (χ1n) is 11.4. The average Bonchev–Trinajstić information content (AvgIpc) is 2.85. The highest BCUT2D eigenvalue weighted by Gasteiger charge is 2.40. The van der Waals surface area contributed by atoms with Crippen LogP contribution in [0.4, 0.5) is 4.39 Å². The number of amides is 1. The van der Waals surface area contributed by atoms with Crippen LogP contribution in [0.5, 0.6) is 11.5 Å². The Morgan fingerprint density at radius 3 is 2.51 bits per heavy atom. The third-order valence-electron chi connectivity index (χ3n) is 6.52. The first-order valence-corrected chi connectivity index (χ1v) is 12.9. The van der Waals surface area contributed by atoms with Gasteiger partial charge in [0.2, 0.25) is 0 Å². The zero-order chi connectivity index (χ0) is 25.6. The van der Waals surface area contributed by atoms with E-state index >= 15 is 0 Å². The van der Waals surface area contributed by atoms with Crippen LogP contribution in [0.1, 0.15) is 42.1 Å². The molecule has 0 bridgehead atoms. The number of carbonyl (C=O) groups excluding carboxylic acids is 1. The summed E-state index contributed by atoms with van der Waals surface area (Å²) in [6.45, 7) is 1.85. The number of ether oxygens (including phenoxy) is 1. The fraction of sp³-hybridized carbons (Fsp3) is 0.458. The first-order chi connectivity index (χ1) is 16.7. The van der Waals surface area contributed by atoms with Gasteiger partial charge in [0.05, 0.1) is 13.7 Å². The summed E-state index contributed by atoms with van der Waals surface area (Å²) in [5, 5.41) is 22.4. The molecule has 0 radical (unpaired) electrons. The number of aliphatic hydroxyl groups is 1. The van der Waals surface area contributed by atoms with Gasteiger partial charge in [0.15, 0.2) is 0 Å². The molecule has 1 amide bonds. The lowest BCUT2D eigenvalue weighted by molar-refractivity contribution is 0.0927. The molecule has 1 aliphatic heterocycles. The standard InChI is InChI=1S/C24H32FN3O6S/c1-3-19(15-29)27-35(32,33)28-12-10-24(11-13-28,17-6-4-7-18(25)14-17)16-26-23(31)22-20(30)8-5-9-21(22)34-2/h4-9,14,19,27,29-30H,3,10-13,15-16H2,1-2H3,(H,26,31)/t19-/m1/s1. The zero-order valence-electron chi connectivity index (χ0n) is 19.8. The van der Waals surface area contributed by atoms with Gasteiger partial charge in [-0.2, -0.15) is 17.4 Å². The number of hydrogen-bond acceptors (Lipinski definition) is 6. The predicted molar refractivity (Wildman–Crippen MR) is 129 cm³/mol. The molecule has 35 heavy (non-hydrogen) atoms. The van der Waals surface area contributed by atoms with Gasteiger partial charge in [-0.1, -0.05) is 25.1 Å². The molecule has 11 heteroatoms. The van der Waals surface area contributed by atoms with E-state index in [9.17, 15) is 27.8 Å². The van der Waals surface area contributed by atoms with E-state index in [0.29, 0.717) is 24.8 Å². The summed E-state index contributed by atoms with van der Waals surface area (Å²) < 4.78 is 48.7. The van der Waals surface area contributed by atoms with Gasteiger partial charge in [-0.15, -0.1) is 0 Å². The molecule has 0 spiro atoms. The maximum atomic E-state index is 14.1. The van der Waals surface area contributed by atoms with Crippen LogP contribution >= 0.6 is 0 Å². The minimum absolute atomic E-state index is 0.0109. The van der Waals surface area contributed by atoms with Crippen molar-refractivity contribution in [3.05, 3.63) is 59.4 Å². The molecule has 9 nitrogen and oxygen atoms in total. The molecule has 3 rings (SSSR count). The van der Waals surface area contributed by atoms with Crippen molar-refractivity contribution in [1.29, 1.82) is 0 Å². The highest BCUT2D eigenvalue weighted by atomic mass is 32.2. The minimum Gasteiger partial charge on any atom is -0.507 e. The second-order valence-corrected chi connectivity index (χ2v) is 10.3. The molecular weight excluding hydrogens is 477 g/mol. The number of nitrogens with one attached hydrogen (secondary N) is 2. The molecule has 1 saturated heterocycles. The maximum absolute atomic E-state index is 14.1. The van der Waals surface area contributed by atoms with Crippen LogP contribution < -0.4 is 14.8 Å². The number of carbonyl (C=O) groups is 1. The second-order valence-electron chi connectivity index (χ2n) is 8.64. The summed E-state index contributed by atoms with van der Waals surface area (Å²) in [6.07, 6.45) is 1.09. The largest absolute Gasteiger partial charge is 0.507 e. The Morgan fingerprint density at radius 1 is 1.23 bits per heavy atom. The predicted octanol–water partition coefficient (Wildman–Crippen LogP) is 1.91. The molecule has 0 aliphatic carbocycles. The van der Waals surface area contributed by atoms with Crippen molar-refractivity contribution in [2.45, 2.75) is 37.6 Å². The van der Waals surface area contributed by atoms with Gasteiger partial charge in [-0.05, 0) is 49.1 Å². The van der Waals surface area contributed by atoms with Crippen LogP contribution in [0.25, 0.3) is 0 Å². The molecule has 2 aromatic carbocycles. The Balaban J connectivity index is 1.83. The minimum atomic E-state index is -3.82. The van der Waals surface area contributed by atoms with E-state index in [1.54, 1.807) is 31.2 Å². The summed E-state index contributed by atoms with van der Waals surface area (Å²) in [5.41, 5.74) is -0.0974. The summed E-state index contributed by atoms with van der Waals surface area (Å²) in [5.74, 6) is -1.01. The molecule has 0 aromatic heterocycles. The van der Waals surface area contributed by atoms with Crippen molar-refractivity contribution >= 4 is 16.1 Å². The van der Waals surface area contributed by atoms with Gasteiger partial charge in [-0.25, -0.2) is 4.39 Å². The van der Waals surface area contributed by atoms with Gasteiger partial charge in [-0.3, -0.25) is 4.79 Å². The lowest BCUT2D eigenvalue weighted by Crippen LogP contribution is -2.54. The molecule has 1 atom stereocenters. The smallest absolute Gasteiger partial charge is 0.279 e. The maximum Gasteiger partial charge on any atom is 0.279 e. The van der Waals surface area contributed by atoms with Gasteiger partial charge >= 0.3 is 0 Å². The lowest BCUT2D eigenvalue weighted by Gasteiger charge is -2.42. The summed E-state index contributed by atoms with van der Waals surface area (Å²) in [7, 11) is -2.43. The molecule has 4 N–H and O–H groups in total. The van der Waals surface area contributed by atoms with Crippen molar-refractivity contribution in [2.75, 3.05) is 33.4 Å². The molecule has 0 unspecified atom stereocenters. The number of benzene rings is 2. The summed E-state index contributed by atoms with van der Waals surface area (Å²) in [6, 6.07) is 9.98. The van der Waals surface area contributed by atoms with Crippen LogP contribution in [0.15, 0.2) is 42.5 Å². The van der Waals surface area contributed by atoms with E-state index in [1.165, 1.54) is 29.6 Å². The lowest BCUT2D eigenvalue weighted by atomic mass is 9.73. The number of halogens is 1. The Bertz CT molecular complexity index is 1130. The number of phenols is 1. The topological polar surface area (TPSA) is 128 Å². The number of hydrogen-bond donors (Lipinski definition) is 4. The Hall–Kier alpha value is -2.73. The van der Waals surface area contributed by atoms with Crippen molar-refractivity contribution in [3.63, 3.8) is 0 Å². The quantitative estimate of drug-likeness (QED) is 0.387. The van der Waals surface area contributed by atoms with Crippen LogP contribution in [-0.2, 0) is 15.6 Å². The Labute approximate surface area is 205 Å². The van der Waals surface area contributed by atoms with Crippen molar-refractivity contribution < 1.29 is 32.6 Å². The number of aromatic hydroxyl groups is 1. The molecule has 1 heterocycles. The van der Waals surface area contributed by atoms with E-state index < -0.39 is 33.4 Å². The van der Waals surface area contributed by atoms with E-state index in [2.05, 4.69) is 10.0 Å². The Kier molecular flexibility index (Phi) is 8.70. The second kappa shape index (κ2) is 11.3. The monoisotopic (exact) mass is 509 g/mol. The normalized spacial score (nSPS) is 17.0. The fourth-order valence-electron chi connectivity index (χ4n) is 4.33. The number of aliphatic hydroxyl groups excluding tert-OH is 1. The van der Waals surface area contributed by atoms with E-state index in [4.69, 9.17) is 4.74 Å². The number of nitrogens with zero attached hydrogens (tertiary/aromatic N) is 1. The van der Waals surface area contributed by atoms with Crippen LogP contribution in [-0.4, -0.2) is 68.2 Å². The van der Waals surface area contributed by atoms with Crippen LogP contribution in [0.3, 0.4) is 0 Å². The summed E-state index contributed by atoms with van der Waals surface area (Å²) in [4.78, 5) is 13.0. The zero-order valence-corrected chi connectivity index (χ0v) is 20.6. The van der Waals surface area contributed by atoms with E-state index in [1.807, 2.05) is 0 Å². The van der Waals surface area contributed by atoms with E-state index in [0.717, 1.165) is 0 Å². The van der Waals surface area contributed by atoms with Crippen molar-refractivity contribution in [3.8, 4) is 11.5 Å². The fourth-order valence-corrected chi connectivity index (χ4v) is 5.81. The number of methoxy groups -OCH3 is 1.